The van der Waals surface area contributed by atoms with E-state index in [0.29, 0.717) is 6.10 Å². The number of morpholine rings is 1. The third-order valence-electron chi connectivity index (χ3n) is 1.11. The number of hydrogen-bond donors (Lipinski definition) is 1. The van der Waals surface area contributed by atoms with Gasteiger partial charge in [-0.3, -0.25) is 0 Å². The maximum absolute atomic E-state index is 5.22. The Morgan fingerprint density at radius 2 is 2.22 bits per heavy atom. The maximum atomic E-state index is 5.22. The molecule has 1 heterocycles. The summed E-state index contributed by atoms with van der Waals surface area (Å²) in [5.74, 6) is 0. The van der Waals surface area contributed by atoms with Gasteiger partial charge in [0.25, 0.3) is 0 Å². The van der Waals surface area contributed by atoms with Crippen molar-refractivity contribution < 1.29 is 6.16 Å². The summed E-state index contributed by atoms with van der Waals surface area (Å²) in [6.45, 7) is 8.98. The first-order chi connectivity index (χ1) is 4.39. The fourth-order valence-corrected chi connectivity index (χ4v) is 0.697. The highest BCUT2D eigenvalue weighted by Gasteiger charge is 2.04. The fourth-order valence-electron chi connectivity index (χ4n) is 0.697. The Morgan fingerprint density at radius 3 is 2.44 bits per heavy atom. The van der Waals surface area contributed by atoms with Gasteiger partial charge in [-0.25, -0.2) is 0 Å². The van der Waals surface area contributed by atoms with Crippen molar-refractivity contribution in [2.24, 2.45) is 0 Å². The van der Waals surface area contributed by atoms with E-state index in [9.17, 15) is 0 Å². The van der Waals surface area contributed by atoms with Gasteiger partial charge in [0, 0.05) is 14.5 Å². The van der Waals surface area contributed by atoms with Crippen molar-refractivity contribution >= 4 is 0 Å². The molecule has 1 fully saturated rings. The van der Waals surface area contributed by atoms with E-state index in [0.717, 1.165) is 19.7 Å². The predicted octanol–water partition coefficient (Wildman–Crippen LogP) is 1.27. The average molecular weight is 133 g/mol. The van der Waals surface area contributed by atoms with Gasteiger partial charge in [0.15, 0.2) is 0 Å². The van der Waals surface area contributed by atoms with Gasteiger partial charge in [0.05, 0.1) is 12.7 Å². The molecule has 58 valence electrons. The highest BCUT2D eigenvalue weighted by Crippen LogP contribution is 1.91. The maximum Gasteiger partial charge on any atom is 0.0672 e. The van der Waals surface area contributed by atoms with Gasteiger partial charge in [-0.15, -0.1) is 0 Å². The van der Waals surface area contributed by atoms with Crippen LogP contribution < -0.4 is 5.32 Å². The minimum atomic E-state index is 0. The van der Waals surface area contributed by atoms with Crippen LogP contribution in [0.4, 0.5) is 0 Å². The molecule has 1 atom stereocenters. The molecule has 0 radical (unpaired) electrons. The molecule has 1 aliphatic heterocycles. The van der Waals surface area contributed by atoms with Crippen molar-refractivity contribution in [1.82, 2.24) is 5.32 Å². The second-order valence-electron chi connectivity index (χ2n) is 1.89. The van der Waals surface area contributed by atoms with Crippen molar-refractivity contribution in [1.29, 1.82) is 0 Å². The van der Waals surface area contributed by atoms with Gasteiger partial charge >= 0.3 is 0 Å². The lowest BCUT2D eigenvalue weighted by atomic mass is 10.3. The van der Waals surface area contributed by atoms with Crippen LogP contribution in [-0.4, -0.2) is 25.8 Å². The lowest BCUT2D eigenvalue weighted by Crippen LogP contribution is -2.36. The zero-order valence-electron chi connectivity index (χ0n) is 6.61. The number of hydrogen-bond acceptors (Lipinski definition) is 2. The second-order valence-corrected chi connectivity index (χ2v) is 1.89. The highest BCUT2D eigenvalue weighted by molar-refractivity contribution is 4.59. The van der Waals surface area contributed by atoms with Crippen LogP contribution in [0.25, 0.3) is 0 Å². The minimum absolute atomic E-state index is 0. The molecule has 0 amide bonds. The molecule has 0 spiro atoms. The van der Waals surface area contributed by atoms with E-state index in [1.165, 1.54) is 0 Å². The lowest BCUT2D eigenvalue weighted by molar-refractivity contribution is 0.0410. The molecular formula is C7H19NO. The molecule has 0 saturated carbocycles. The molecular weight excluding hydrogens is 114 g/mol. The van der Waals surface area contributed by atoms with E-state index in [-0.39, 0.29) is 1.43 Å². The smallest absolute Gasteiger partial charge is 0.0672 e. The molecule has 0 aromatic rings. The highest BCUT2D eigenvalue weighted by atomic mass is 16.5. The number of ether oxygens (including phenoxy) is 1. The predicted molar refractivity (Wildman–Crippen MR) is 41.7 cm³/mol. The topological polar surface area (TPSA) is 21.3 Å². The van der Waals surface area contributed by atoms with E-state index in [4.69, 9.17) is 4.74 Å². The molecule has 1 saturated heterocycles. The fraction of sp³-hybridized carbons (Fsp3) is 1.00. The van der Waals surface area contributed by atoms with Crippen molar-refractivity contribution in [3.8, 4) is 0 Å². The van der Waals surface area contributed by atoms with E-state index in [2.05, 4.69) is 12.2 Å². The van der Waals surface area contributed by atoms with Gasteiger partial charge in [-0.2, -0.15) is 0 Å². The zero-order chi connectivity index (χ0) is 7.11. The molecule has 9 heavy (non-hydrogen) atoms. The molecule has 1 rings (SSSR count). The van der Waals surface area contributed by atoms with Crippen LogP contribution in [-0.2, 0) is 4.74 Å². The van der Waals surface area contributed by atoms with E-state index in [1.807, 2.05) is 13.8 Å². The summed E-state index contributed by atoms with van der Waals surface area (Å²) in [6, 6.07) is 0. The van der Waals surface area contributed by atoms with Gasteiger partial charge in [-0.05, 0) is 6.92 Å². The number of rotatable bonds is 0. The summed E-state index contributed by atoms with van der Waals surface area (Å²) in [5.41, 5.74) is 0. The minimum Gasteiger partial charge on any atom is -0.376 e. The van der Waals surface area contributed by atoms with Crippen LogP contribution in [0.2, 0.25) is 0 Å². The third kappa shape index (κ3) is 4.43. The first kappa shape index (κ1) is 8.92. The van der Waals surface area contributed by atoms with E-state index < -0.39 is 0 Å². The SMILES string of the molecule is CC.C[C@@H]1CNCCO1.[HH]. The van der Waals surface area contributed by atoms with Gasteiger partial charge < -0.3 is 10.1 Å². The summed E-state index contributed by atoms with van der Waals surface area (Å²) >= 11 is 0. The van der Waals surface area contributed by atoms with Crippen LogP contribution in [0.1, 0.15) is 22.2 Å². The van der Waals surface area contributed by atoms with Crippen molar-refractivity contribution in [3.05, 3.63) is 0 Å². The second kappa shape index (κ2) is 6.05. The summed E-state index contributed by atoms with van der Waals surface area (Å²) in [7, 11) is 0. The molecule has 2 nitrogen and oxygen atoms in total. The summed E-state index contributed by atoms with van der Waals surface area (Å²) in [5, 5.41) is 3.21. The first-order valence-corrected chi connectivity index (χ1v) is 3.72. The van der Waals surface area contributed by atoms with Crippen LogP contribution in [0.3, 0.4) is 0 Å². The van der Waals surface area contributed by atoms with Crippen molar-refractivity contribution in [2.75, 3.05) is 19.7 Å². The molecule has 0 aromatic carbocycles. The van der Waals surface area contributed by atoms with Crippen molar-refractivity contribution in [2.45, 2.75) is 26.9 Å². The van der Waals surface area contributed by atoms with Gasteiger partial charge in [0.2, 0.25) is 0 Å². The third-order valence-corrected chi connectivity index (χ3v) is 1.11. The molecule has 1 aliphatic rings. The molecule has 0 unspecified atom stereocenters. The Bertz CT molecular complexity index is 55.6. The largest absolute Gasteiger partial charge is 0.376 e. The Hall–Kier alpha value is -0.0800. The zero-order valence-corrected chi connectivity index (χ0v) is 6.61. The lowest BCUT2D eigenvalue weighted by Gasteiger charge is -2.18. The van der Waals surface area contributed by atoms with E-state index >= 15 is 0 Å². The average Bonchev–Trinajstić information content (AvgIpc) is 1.94. The number of nitrogens with one attached hydrogen (secondary N) is 1. The normalized spacial score (nSPS) is 26.3. The van der Waals surface area contributed by atoms with Gasteiger partial charge in [0.1, 0.15) is 0 Å². The monoisotopic (exact) mass is 133 g/mol. The van der Waals surface area contributed by atoms with Crippen LogP contribution in [0.5, 0.6) is 0 Å². The molecule has 1 N–H and O–H groups in total. The Labute approximate surface area is 59.1 Å². The Morgan fingerprint density at radius 1 is 1.56 bits per heavy atom. The van der Waals surface area contributed by atoms with Gasteiger partial charge in [-0.1, -0.05) is 13.8 Å². The van der Waals surface area contributed by atoms with E-state index in [1.54, 1.807) is 0 Å². The van der Waals surface area contributed by atoms with Crippen molar-refractivity contribution in [3.63, 3.8) is 0 Å². The Kier molecular flexibility index (Phi) is 5.99. The van der Waals surface area contributed by atoms with Crippen LogP contribution in [0, 0.1) is 0 Å². The standard InChI is InChI=1S/C5H11NO.C2H6.H2/c1-5-4-6-2-3-7-5;1-2;/h5-6H,2-4H2,1H3;1-2H3;1H/t5-;;/m1../s1. The molecule has 2 heteroatoms. The summed E-state index contributed by atoms with van der Waals surface area (Å²) < 4.78 is 5.22. The molecule has 0 aromatic heterocycles. The first-order valence-electron chi connectivity index (χ1n) is 3.72. The van der Waals surface area contributed by atoms with Crippen LogP contribution >= 0.6 is 0 Å². The Balaban J connectivity index is 0. The molecule has 0 aliphatic carbocycles. The quantitative estimate of drug-likeness (QED) is 0.537. The summed E-state index contributed by atoms with van der Waals surface area (Å²) in [6.07, 6.45) is 0.425. The summed E-state index contributed by atoms with van der Waals surface area (Å²) in [4.78, 5) is 0. The van der Waals surface area contributed by atoms with Crippen LogP contribution in [0.15, 0.2) is 0 Å². The molecule has 0 bridgehead atoms.